The molecule has 1 spiro atoms. The molecular formula is C26H24N4O4. The topological polar surface area (TPSA) is 117 Å². The van der Waals surface area contributed by atoms with Crippen LogP contribution in [0, 0.1) is 17.2 Å². The molecule has 2 N–H and O–H groups in total. The maximum atomic E-state index is 13.4. The van der Waals surface area contributed by atoms with Crippen molar-refractivity contribution in [1.82, 2.24) is 9.78 Å². The summed E-state index contributed by atoms with van der Waals surface area (Å²) in [6.07, 6.45) is 6.10. The standard InChI is InChI=1S/C26H24N4O4/c27-16-17-5-6-18(3-1-4-24(31)32)22(13-17)29-25(33)21-15-26(21)9-12-34-23-8-7-19(14-20(23)26)30-11-2-10-28-30/h2,5-8,10-11,13-14,21H,1,3-4,9,12,15H2,(H,29,33)(H,31,32). The number of anilines is 1. The van der Waals surface area contributed by atoms with E-state index in [1.165, 1.54) is 0 Å². The molecule has 8 heteroatoms. The van der Waals surface area contributed by atoms with Crippen molar-refractivity contribution < 1.29 is 19.4 Å². The average Bonchev–Trinajstić information content (AvgIpc) is 3.28. The number of nitriles is 1. The van der Waals surface area contributed by atoms with E-state index >= 15 is 0 Å². The van der Waals surface area contributed by atoms with Crippen molar-refractivity contribution in [2.75, 3.05) is 11.9 Å². The van der Waals surface area contributed by atoms with Crippen LogP contribution < -0.4 is 10.1 Å². The molecule has 1 aliphatic heterocycles. The van der Waals surface area contributed by atoms with E-state index in [4.69, 9.17) is 9.84 Å². The quantitative estimate of drug-likeness (QED) is 0.558. The molecular weight excluding hydrogens is 432 g/mol. The van der Waals surface area contributed by atoms with E-state index in [0.717, 1.165) is 35.4 Å². The number of aliphatic carboxylic acids is 1. The smallest absolute Gasteiger partial charge is 0.303 e. The Labute approximate surface area is 196 Å². The first-order valence-corrected chi connectivity index (χ1v) is 11.3. The zero-order valence-corrected chi connectivity index (χ0v) is 18.5. The summed E-state index contributed by atoms with van der Waals surface area (Å²) >= 11 is 0. The summed E-state index contributed by atoms with van der Waals surface area (Å²) < 4.78 is 7.67. The van der Waals surface area contributed by atoms with Crippen molar-refractivity contribution >= 4 is 17.6 Å². The molecule has 2 aliphatic rings. The van der Waals surface area contributed by atoms with Gasteiger partial charge in [0.15, 0.2) is 0 Å². The molecule has 0 bridgehead atoms. The third-order valence-corrected chi connectivity index (χ3v) is 6.80. The Morgan fingerprint density at radius 2 is 2.18 bits per heavy atom. The van der Waals surface area contributed by atoms with Crippen LogP contribution in [0.15, 0.2) is 54.9 Å². The molecule has 0 radical (unpaired) electrons. The number of carboxylic acid groups (broad SMARTS) is 1. The van der Waals surface area contributed by atoms with Crippen molar-refractivity contribution in [2.45, 2.75) is 37.5 Å². The summed E-state index contributed by atoms with van der Waals surface area (Å²) in [4.78, 5) is 24.3. The molecule has 1 aliphatic carbocycles. The number of aryl methyl sites for hydroxylation is 1. The van der Waals surface area contributed by atoms with Gasteiger partial charge in [-0.15, -0.1) is 0 Å². The number of hydrogen-bond donors (Lipinski definition) is 2. The second kappa shape index (κ2) is 8.67. The molecule has 172 valence electrons. The molecule has 1 fully saturated rings. The number of ether oxygens (including phenoxy) is 1. The Kier molecular flexibility index (Phi) is 5.54. The van der Waals surface area contributed by atoms with Gasteiger partial charge >= 0.3 is 5.97 Å². The van der Waals surface area contributed by atoms with Crippen LogP contribution >= 0.6 is 0 Å². The minimum Gasteiger partial charge on any atom is -0.493 e. The minimum atomic E-state index is -0.855. The van der Waals surface area contributed by atoms with E-state index in [2.05, 4.69) is 22.6 Å². The summed E-state index contributed by atoms with van der Waals surface area (Å²) in [5.74, 6) is -0.349. The molecule has 1 saturated carbocycles. The van der Waals surface area contributed by atoms with Crippen LogP contribution in [0.1, 0.15) is 42.4 Å². The monoisotopic (exact) mass is 456 g/mol. The van der Waals surface area contributed by atoms with Gasteiger partial charge in [0.1, 0.15) is 5.75 Å². The number of amides is 1. The molecule has 3 aromatic rings. The van der Waals surface area contributed by atoms with Gasteiger partial charge in [0.25, 0.3) is 0 Å². The second-order valence-electron chi connectivity index (χ2n) is 8.86. The molecule has 5 rings (SSSR count). The molecule has 2 unspecified atom stereocenters. The number of carbonyl (C=O) groups excluding carboxylic acids is 1. The van der Waals surface area contributed by atoms with E-state index < -0.39 is 5.97 Å². The molecule has 34 heavy (non-hydrogen) atoms. The Morgan fingerprint density at radius 3 is 2.94 bits per heavy atom. The minimum absolute atomic E-state index is 0.0501. The highest BCUT2D eigenvalue weighted by Crippen LogP contribution is 2.61. The molecule has 1 amide bonds. The lowest BCUT2D eigenvalue weighted by Gasteiger charge is -2.27. The van der Waals surface area contributed by atoms with Gasteiger partial charge in [0, 0.05) is 41.4 Å². The van der Waals surface area contributed by atoms with E-state index in [1.807, 2.05) is 24.4 Å². The average molecular weight is 457 g/mol. The highest BCUT2D eigenvalue weighted by molar-refractivity contribution is 5.97. The number of nitrogens with one attached hydrogen (secondary N) is 1. The van der Waals surface area contributed by atoms with Crippen LogP contribution in [0.3, 0.4) is 0 Å². The number of benzene rings is 2. The van der Waals surface area contributed by atoms with E-state index in [-0.39, 0.29) is 23.7 Å². The van der Waals surface area contributed by atoms with Gasteiger partial charge in [-0.25, -0.2) is 4.68 Å². The third kappa shape index (κ3) is 4.01. The van der Waals surface area contributed by atoms with Crippen molar-refractivity contribution in [3.05, 3.63) is 71.5 Å². The Balaban J connectivity index is 1.38. The number of fused-ring (bicyclic) bond motifs is 2. The fourth-order valence-electron chi connectivity index (χ4n) is 4.93. The molecule has 8 nitrogen and oxygen atoms in total. The van der Waals surface area contributed by atoms with Crippen LogP contribution in [0.25, 0.3) is 5.69 Å². The lowest BCUT2D eigenvalue weighted by Crippen LogP contribution is -2.27. The van der Waals surface area contributed by atoms with E-state index in [0.29, 0.717) is 30.7 Å². The van der Waals surface area contributed by atoms with Crippen LogP contribution in [0.4, 0.5) is 5.69 Å². The predicted octanol–water partition coefficient (Wildman–Crippen LogP) is 3.83. The number of nitrogens with zero attached hydrogens (tertiary/aromatic N) is 3. The zero-order valence-electron chi connectivity index (χ0n) is 18.5. The third-order valence-electron chi connectivity index (χ3n) is 6.80. The Morgan fingerprint density at radius 1 is 1.29 bits per heavy atom. The summed E-state index contributed by atoms with van der Waals surface area (Å²) in [6, 6.07) is 15.1. The fraction of sp³-hybridized carbons (Fsp3) is 0.308. The van der Waals surface area contributed by atoms with Crippen LogP contribution in [-0.2, 0) is 21.4 Å². The maximum Gasteiger partial charge on any atom is 0.303 e. The van der Waals surface area contributed by atoms with Gasteiger partial charge in [-0.1, -0.05) is 6.07 Å². The number of carboxylic acids is 1. The number of rotatable bonds is 7. The van der Waals surface area contributed by atoms with Gasteiger partial charge in [0.05, 0.1) is 23.9 Å². The predicted molar refractivity (Wildman–Crippen MR) is 124 cm³/mol. The number of hydrogen-bond acceptors (Lipinski definition) is 5. The van der Waals surface area contributed by atoms with Crippen LogP contribution in [0.2, 0.25) is 0 Å². The summed E-state index contributed by atoms with van der Waals surface area (Å²) in [7, 11) is 0. The van der Waals surface area contributed by atoms with Gasteiger partial charge in [0.2, 0.25) is 5.91 Å². The first kappa shape index (κ1) is 21.7. The molecule has 2 heterocycles. The first-order valence-electron chi connectivity index (χ1n) is 11.3. The van der Waals surface area contributed by atoms with Crippen LogP contribution in [-0.4, -0.2) is 33.4 Å². The second-order valence-corrected chi connectivity index (χ2v) is 8.86. The Hall–Kier alpha value is -4.12. The van der Waals surface area contributed by atoms with Crippen molar-refractivity contribution in [2.24, 2.45) is 5.92 Å². The molecule has 2 atom stereocenters. The highest BCUT2D eigenvalue weighted by atomic mass is 16.5. The van der Waals surface area contributed by atoms with Crippen molar-refractivity contribution in [3.8, 4) is 17.5 Å². The highest BCUT2D eigenvalue weighted by Gasteiger charge is 2.61. The maximum absolute atomic E-state index is 13.4. The Bertz CT molecular complexity index is 1290. The molecule has 2 aromatic carbocycles. The first-order chi connectivity index (χ1) is 16.5. The normalized spacial score (nSPS) is 20.1. The SMILES string of the molecule is N#Cc1ccc(CCCC(=O)O)c(NC(=O)C2CC23CCOc2ccc(-n4cccn4)cc23)c1. The number of aromatic nitrogens is 2. The largest absolute Gasteiger partial charge is 0.493 e. The number of carbonyl (C=O) groups is 2. The lowest BCUT2D eigenvalue weighted by molar-refractivity contribution is -0.137. The van der Waals surface area contributed by atoms with Crippen LogP contribution in [0.5, 0.6) is 5.75 Å². The summed E-state index contributed by atoms with van der Waals surface area (Å²) in [6.45, 7) is 0.558. The van der Waals surface area contributed by atoms with Gasteiger partial charge < -0.3 is 15.2 Å². The van der Waals surface area contributed by atoms with E-state index in [1.54, 1.807) is 29.1 Å². The van der Waals surface area contributed by atoms with Gasteiger partial charge in [-0.2, -0.15) is 10.4 Å². The molecule has 0 saturated heterocycles. The van der Waals surface area contributed by atoms with Gasteiger partial charge in [-0.3, -0.25) is 9.59 Å². The summed E-state index contributed by atoms with van der Waals surface area (Å²) in [5.41, 5.74) is 3.52. The van der Waals surface area contributed by atoms with Gasteiger partial charge in [-0.05, 0) is 67.6 Å². The zero-order chi connectivity index (χ0) is 23.7. The fourth-order valence-corrected chi connectivity index (χ4v) is 4.93. The van der Waals surface area contributed by atoms with E-state index in [9.17, 15) is 14.9 Å². The summed E-state index contributed by atoms with van der Waals surface area (Å²) in [5, 5.41) is 25.6. The van der Waals surface area contributed by atoms with Crippen molar-refractivity contribution in [3.63, 3.8) is 0 Å². The lowest BCUT2D eigenvalue weighted by atomic mass is 9.87. The van der Waals surface area contributed by atoms with Crippen molar-refractivity contribution in [1.29, 1.82) is 5.26 Å². The molecule has 1 aromatic heterocycles.